The van der Waals surface area contributed by atoms with E-state index in [9.17, 15) is 4.79 Å². The molecule has 0 atom stereocenters. The monoisotopic (exact) mass is 361 g/mol. The summed E-state index contributed by atoms with van der Waals surface area (Å²) in [6.07, 6.45) is 0.950. The molecule has 3 rings (SSSR count). The number of carbonyl (C=O) groups is 1. The maximum Gasteiger partial charge on any atom is 0.253 e. The molecule has 0 aliphatic carbocycles. The molecule has 1 heterocycles. The van der Waals surface area contributed by atoms with Crippen LogP contribution in [0.15, 0.2) is 60.7 Å². The van der Waals surface area contributed by atoms with Crippen LogP contribution in [0, 0.1) is 13.8 Å². The average molecular weight is 361 g/mol. The van der Waals surface area contributed by atoms with E-state index in [1.165, 1.54) is 5.56 Å². The van der Waals surface area contributed by atoms with Gasteiger partial charge in [-0.2, -0.15) is 0 Å². The van der Waals surface area contributed by atoms with Crippen molar-refractivity contribution in [2.45, 2.75) is 39.9 Å². The zero-order valence-electron chi connectivity index (χ0n) is 16.0. The van der Waals surface area contributed by atoms with Gasteiger partial charge >= 0.3 is 0 Å². The van der Waals surface area contributed by atoms with Crippen LogP contribution in [-0.4, -0.2) is 10.5 Å². The maximum atomic E-state index is 12.7. The highest BCUT2D eigenvalue weighted by atomic mass is 16.1. The standard InChI is InChI=1S/C23H27N3O/c1-17-14-22(18(2)26(17)13-12-19-6-4-3-5-7-19)23(27)25-16-21-10-8-20(15-24)9-11-21/h3-11,14H,12-13,15-16,24H2,1-2H3,(H,25,27). The molecule has 2 aromatic carbocycles. The topological polar surface area (TPSA) is 60.1 Å². The van der Waals surface area contributed by atoms with Crippen molar-refractivity contribution in [3.8, 4) is 0 Å². The van der Waals surface area contributed by atoms with Crippen LogP contribution in [0.5, 0.6) is 0 Å². The molecule has 0 bridgehead atoms. The molecule has 4 nitrogen and oxygen atoms in total. The van der Waals surface area contributed by atoms with E-state index in [0.717, 1.165) is 41.0 Å². The number of nitrogens with zero attached hydrogens (tertiary/aromatic N) is 1. The Balaban J connectivity index is 1.64. The molecular formula is C23H27N3O. The van der Waals surface area contributed by atoms with Crippen LogP contribution in [0.25, 0.3) is 0 Å². The first-order valence-electron chi connectivity index (χ1n) is 9.35. The van der Waals surface area contributed by atoms with Gasteiger partial charge in [-0.25, -0.2) is 0 Å². The number of aryl methyl sites for hydroxylation is 2. The Morgan fingerprint density at radius 2 is 1.63 bits per heavy atom. The van der Waals surface area contributed by atoms with Crippen molar-refractivity contribution >= 4 is 5.91 Å². The summed E-state index contributed by atoms with van der Waals surface area (Å²) in [6, 6.07) is 20.4. The summed E-state index contributed by atoms with van der Waals surface area (Å²) in [6.45, 7) is 5.98. The molecule has 1 amide bonds. The van der Waals surface area contributed by atoms with Crippen LogP contribution in [0.2, 0.25) is 0 Å². The summed E-state index contributed by atoms with van der Waals surface area (Å²) in [5, 5.41) is 3.02. The third kappa shape index (κ3) is 4.66. The number of benzene rings is 2. The average Bonchev–Trinajstić information content (AvgIpc) is 2.99. The zero-order chi connectivity index (χ0) is 19.2. The smallest absolute Gasteiger partial charge is 0.253 e. The van der Waals surface area contributed by atoms with E-state index in [4.69, 9.17) is 5.73 Å². The van der Waals surface area contributed by atoms with Crippen LogP contribution in [0.3, 0.4) is 0 Å². The molecule has 0 aliphatic heterocycles. The fraction of sp³-hybridized carbons (Fsp3) is 0.261. The number of aromatic nitrogens is 1. The van der Waals surface area contributed by atoms with Gasteiger partial charge in [0.1, 0.15) is 0 Å². The first kappa shape index (κ1) is 18.9. The van der Waals surface area contributed by atoms with Gasteiger partial charge in [0.2, 0.25) is 0 Å². The van der Waals surface area contributed by atoms with Gasteiger partial charge in [-0.05, 0) is 43.0 Å². The normalized spacial score (nSPS) is 10.8. The van der Waals surface area contributed by atoms with Gasteiger partial charge in [-0.1, -0.05) is 54.6 Å². The molecular weight excluding hydrogens is 334 g/mol. The number of nitrogens with one attached hydrogen (secondary N) is 1. The molecule has 0 saturated heterocycles. The Hall–Kier alpha value is -2.85. The van der Waals surface area contributed by atoms with Gasteiger partial charge in [-0.3, -0.25) is 4.79 Å². The van der Waals surface area contributed by atoms with Crippen LogP contribution in [-0.2, 0) is 26.1 Å². The highest BCUT2D eigenvalue weighted by Crippen LogP contribution is 2.16. The van der Waals surface area contributed by atoms with Gasteiger partial charge in [-0.15, -0.1) is 0 Å². The minimum Gasteiger partial charge on any atom is -0.348 e. The minimum absolute atomic E-state index is 0.0306. The number of rotatable bonds is 7. The van der Waals surface area contributed by atoms with Gasteiger partial charge in [0.05, 0.1) is 5.56 Å². The van der Waals surface area contributed by atoms with Gasteiger partial charge in [0, 0.05) is 31.0 Å². The lowest BCUT2D eigenvalue weighted by Gasteiger charge is -2.10. The van der Waals surface area contributed by atoms with Crippen LogP contribution < -0.4 is 11.1 Å². The lowest BCUT2D eigenvalue weighted by Crippen LogP contribution is -2.23. The van der Waals surface area contributed by atoms with E-state index in [1.54, 1.807) is 0 Å². The lowest BCUT2D eigenvalue weighted by molar-refractivity contribution is 0.0950. The van der Waals surface area contributed by atoms with Crippen molar-refractivity contribution in [2.24, 2.45) is 5.73 Å². The molecule has 27 heavy (non-hydrogen) atoms. The third-order valence-corrected chi connectivity index (χ3v) is 5.00. The fourth-order valence-corrected chi connectivity index (χ4v) is 3.33. The summed E-state index contributed by atoms with van der Waals surface area (Å²) < 4.78 is 2.22. The van der Waals surface area contributed by atoms with E-state index in [1.807, 2.05) is 43.3 Å². The predicted molar refractivity (Wildman–Crippen MR) is 110 cm³/mol. The Morgan fingerprint density at radius 3 is 2.30 bits per heavy atom. The summed E-state index contributed by atoms with van der Waals surface area (Å²) >= 11 is 0. The third-order valence-electron chi connectivity index (χ3n) is 5.00. The van der Waals surface area contributed by atoms with Crippen molar-refractivity contribution in [1.29, 1.82) is 0 Å². The SMILES string of the molecule is Cc1cc(C(=O)NCc2ccc(CN)cc2)c(C)n1CCc1ccccc1. The summed E-state index contributed by atoms with van der Waals surface area (Å²) in [5.41, 5.74) is 12.0. The quantitative estimate of drug-likeness (QED) is 0.673. The fourth-order valence-electron chi connectivity index (χ4n) is 3.33. The second-order valence-corrected chi connectivity index (χ2v) is 6.88. The molecule has 0 saturated carbocycles. The molecule has 0 spiro atoms. The van der Waals surface area contributed by atoms with Crippen LogP contribution >= 0.6 is 0 Å². The number of nitrogens with two attached hydrogens (primary N) is 1. The maximum absolute atomic E-state index is 12.7. The van der Waals surface area contributed by atoms with Gasteiger partial charge in [0.15, 0.2) is 0 Å². The van der Waals surface area contributed by atoms with Gasteiger partial charge < -0.3 is 15.6 Å². The van der Waals surface area contributed by atoms with Crippen LogP contribution in [0.1, 0.15) is 38.4 Å². The lowest BCUT2D eigenvalue weighted by atomic mass is 10.1. The zero-order valence-corrected chi connectivity index (χ0v) is 16.0. The molecule has 0 unspecified atom stereocenters. The largest absolute Gasteiger partial charge is 0.348 e. The second-order valence-electron chi connectivity index (χ2n) is 6.88. The van der Waals surface area contributed by atoms with Gasteiger partial charge in [0.25, 0.3) is 5.91 Å². The van der Waals surface area contributed by atoms with Crippen molar-refractivity contribution < 1.29 is 4.79 Å². The Morgan fingerprint density at radius 1 is 0.963 bits per heavy atom. The predicted octanol–water partition coefficient (Wildman–Crippen LogP) is 3.74. The van der Waals surface area contributed by atoms with Crippen molar-refractivity contribution in [1.82, 2.24) is 9.88 Å². The Kier molecular flexibility index (Phi) is 6.09. The van der Waals surface area contributed by atoms with E-state index < -0.39 is 0 Å². The van der Waals surface area contributed by atoms with E-state index in [2.05, 4.69) is 41.1 Å². The summed E-state index contributed by atoms with van der Waals surface area (Å²) in [5.74, 6) is -0.0306. The molecule has 3 N–H and O–H groups in total. The molecule has 140 valence electrons. The first-order valence-corrected chi connectivity index (χ1v) is 9.35. The number of carbonyl (C=O) groups excluding carboxylic acids is 1. The highest BCUT2D eigenvalue weighted by molar-refractivity contribution is 5.95. The number of amides is 1. The molecule has 0 fully saturated rings. The Bertz CT molecular complexity index is 895. The number of hydrogen-bond donors (Lipinski definition) is 2. The highest BCUT2D eigenvalue weighted by Gasteiger charge is 2.15. The van der Waals surface area contributed by atoms with E-state index in [-0.39, 0.29) is 5.91 Å². The molecule has 4 heteroatoms. The molecule has 0 radical (unpaired) electrons. The summed E-state index contributed by atoms with van der Waals surface area (Å²) in [7, 11) is 0. The van der Waals surface area contributed by atoms with Crippen molar-refractivity contribution in [2.75, 3.05) is 0 Å². The minimum atomic E-state index is -0.0306. The molecule has 1 aromatic heterocycles. The number of hydrogen-bond acceptors (Lipinski definition) is 2. The van der Waals surface area contributed by atoms with E-state index >= 15 is 0 Å². The molecule has 0 aliphatic rings. The van der Waals surface area contributed by atoms with Crippen molar-refractivity contribution in [3.63, 3.8) is 0 Å². The van der Waals surface area contributed by atoms with Crippen LogP contribution in [0.4, 0.5) is 0 Å². The van der Waals surface area contributed by atoms with E-state index in [0.29, 0.717) is 13.1 Å². The van der Waals surface area contributed by atoms with Crippen molar-refractivity contribution in [3.05, 3.63) is 94.3 Å². The second kappa shape index (κ2) is 8.69. The summed E-state index contributed by atoms with van der Waals surface area (Å²) in [4.78, 5) is 12.7. The molecule has 3 aromatic rings. The Labute approximate surface area is 161 Å². The first-order chi connectivity index (χ1) is 13.1.